The molecule has 1 aliphatic heterocycles. The maximum atomic E-state index is 12.3. The number of hydrogen-bond donors (Lipinski definition) is 1. The van der Waals surface area contributed by atoms with E-state index < -0.39 is 6.36 Å². The second-order valence-electron chi connectivity index (χ2n) is 6.55. The Morgan fingerprint density at radius 2 is 2.04 bits per heavy atom. The fourth-order valence-electron chi connectivity index (χ4n) is 3.22. The summed E-state index contributed by atoms with van der Waals surface area (Å²) in [5.41, 5.74) is 1.84. The lowest BCUT2D eigenvalue weighted by molar-refractivity contribution is -0.274. The number of ether oxygens (including phenoxy) is 1. The lowest BCUT2D eigenvalue weighted by atomic mass is 10.1. The van der Waals surface area contributed by atoms with Gasteiger partial charge in [0.2, 0.25) is 0 Å². The van der Waals surface area contributed by atoms with Crippen molar-refractivity contribution in [2.24, 2.45) is 5.92 Å². The molecule has 2 heterocycles. The molecule has 1 aromatic carbocycles. The quantitative estimate of drug-likeness (QED) is 0.857. The molecule has 146 valence electrons. The van der Waals surface area contributed by atoms with Gasteiger partial charge in [-0.25, -0.2) is 0 Å². The first-order valence-electron chi connectivity index (χ1n) is 8.55. The summed E-state index contributed by atoms with van der Waals surface area (Å²) >= 11 is 0. The number of nitrogens with one attached hydrogen (secondary N) is 1. The molecule has 1 aliphatic rings. The van der Waals surface area contributed by atoms with E-state index in [4.69, 9.17) is 4.52 Å². The van der Waals surface area contributed by atoms with E-state index in [1.54, 1.807) is 26.0 Å². The Bertz CT molecular complexity index is 783. The van der Waals surface area contributed by atoms with Crippen LogP contribution in [-0.2, 0) is 0 Å². The molecular formula is C18H20F3N3O3. The van der Waals surface area contributed by atoms with Gasteiger partial charge in [-0.15, -0.1) is 13.2 Å². The molecule has 3 rings (SSSR count). The average molecular weight is 383 g/mol. The van der Waals surface area contributed by atoms with Crippen LogP contribution in [0.5, 0.6) is 5.75 Å². The summed E-state index contributed by atoms with van der Waals surface area (Å²) in [7, 11) is 0. The SMILES string of the molecule is Cc1noc(C)c1C(=O)NC[C@@H]1CCN(c2ccc(OC(F)(F)F)cc2)C1. The average Bonchev–Trinajstić information content (AvgIpc) is 3.19. The van der Waals surface area contributed by atoms with Crippen LogP contribution in [-0.4, -0.2) is 37.1 Å². The number of nitrogens with zero attached hydrogens (tertiary/aromatic N) is 2. The van der Waals surface area contributed by atoms with E-state index in [-0.39, 0.29) is 17.6 Å². The largest absolute Gasteiger partial charge is 0.573 e. The van der Waals surface area contributed by atoms with Crippen LogP contribution >= 0.6 is 0 Å². The molecule has 27 heavy (non-hydrogen) atoms. The van der Waals surface area contributed by atoms with Crippen molar-refractivity contribution in [3.8, 4) is 5.75 Å². The van der Waals surface area contributed by atoms with Crippen molar-refractivity contribution in [1.82, 2.24) is 10.5 Å². The fourth-order valence-corrected chi connectivity index (χ4v) is 3.22. The number of carbonyl (C=O) groups excluding carboxylic acids is 1. The topological polar surface area (TPSA) is 67.6 Å². The van der Waals surface area contributed by atoms with Gasteiger partial charge in [-0.05, 0) is 50.5 Å². The third kappa shape index (κ3) is 4.72. The number of aryl methyl sites for hydroxylation is 2. The number of hydrogen-bond acceptors (Lipinski definition) is 5. The molecule has 1 amide bonds. The van der Waals surface area contributed by atoms with E-state index in [1.807, 2.05) is 0 Å². The van der Waals surface area contributed by atoms with Gasteiger partial charge in [0.05, 0.1) is 5.69 Å². The second kappa shape index (κ2) is 7.50. The minimum absolute atomic E-state index is 0.210. The number of carbonyl (C=O) groups is 1. The molecule has 1 saturated heterocycles. The highest BCUT2D eigenvalue weighted by atomic mass is 19.4. The lowest BCUT2D eigenvalue weighted by Gasteiger charge is -2.19. The Morgan fingerprint density at radius 1 is 1.33 bits per heavy atom. The minimum atomic E-state index is -4.69. The molecule has 6 nitrogen and oxygen atoms in total. The number of anilines is 1. The minimum Gasteiger partial charge on any atom is -0.406 e. The van der Waals surface area contributed by atoms with E-state index in [9.17, 15) is 18.0 Å². The van der Waals surface area contributed by atoms with Gasteiger partial charge in [-0.2, -0.15) is 0 Å². The van der Waals surface area contributed by atoms with Crippen LogP contribution in [0.15, 0.2) is 28.8 Å². The molecule has 0 unspecified atom stereocenters. The van der Waals surface area contributed by atoms with E-state index in [1.165, 1.54) is 12.1 Å². The summed E-state index contributed by atoms with van der Waals surface area (Å²) in [6.07, 6.45) is -3.82. The highest BCUT2D eigenvalue weighted by Gasteiger charge is 2.31. The molecule has 2 aromatic rings. The van der Waals surface area contributed by atoms with Crippen LogP contribution in [0.4, 0.5) is 18.9 Å². The van der Waals surface area contributed by atoms with Gasteiger partial charge in [-0.3, -0.25) is 4.79 Å². The van der Waals surface area contributed by atoms with Gasteiger partial charge < -0.3 is 19.5 Å². The highest BCUT2D eigenvalue weighted by molar-refractivity contribution is 5.96. The summed E-state index contributed by atoms with van der Waals surface area (Å²) in [5.74, 6) is 0.284. The van der Waals surface area contributed by atoms with Crippen LogP contribution < -0.4 is 15.0 Å². The van der Waals surface area contributed by atoms with E-state index >= 15 is 0 Å². The lowest BCUT2D eigenvalue weighted by Crippen LogP contribution is -2.31. The van der Waals surface area contributed by atoms with Crippen molar-refractivity contribution in [2.45, 2.75) is 26.6 Å². The number of amides is 1. The number of alkyl halides is 3. The van der Waals surface area contributed by atoms with Gasteiger partial charge in [0.25, 0.3) is 5.91 Å². The molecule has 0 radical (unpaired) electrons. The molecule has 1 aromatic heterocycles. The molecule has 1 fully saturated rings. The normalized spacial score (nSPS) is 17.2. The van der Waals surface area contributed by atoms with Crippen molar-refractivity contribution in [2.75, 3.05) is 24.5 Å². The first-order chi connectivity index (χ1) is 12.7. The Labute approximate surface area is 154 Å². The van der Waals surface area contributed by atoms with E-state index in [2.05, 4.69) is 20.1 Å². The van der Waals surface area contributed by atoms with Crippen molar-refractivity contribution in [3.05, 3.63) is 41.3 Å². The van der Waals surface area contributed by atoms with E-state index in [0.29, 0.717) is 30.1 Å². The van der Waals surface area contributed by atoms with Crippen molar-refractivity contribution < 1.29 is 27.2 Å². The van der Waals surface area contributed by atoms with Crippen LogP contribution in [0.1, 0.15) is 28.2 Å². The zero-order valence-electron chi connectivity index (χ0n) is 15.0. The molecule has 9 heteroatoms. The van der Waals surface area contributed by atoms with Crippen molar-refractivity contribution >= 4 is 11.6 Å². The maximum Gasteiger partial charge on any atom is 0.573 e. The van der Waals surface area contributed by atoms with Crippen molar-refractivity contribution in [3.63, 3.8) is 0 Å². The van der Waals surface area contributed by atoms with Crippen LogP contribution in [0, 0.1) is 19.8 Å². The summed E-state index contributed by atoms with van der Waals surface area (Å²) < 4.78 is 45.5. The third-order valence-corrected chi connectivity index (χ3v) is 4.53. The zero-order valence-corrected chi connectivity index (χ0v) is 15.0. The maximum absolute atomic E-state index is 12.3. The predicted octanol–water partition coefficient (Wildman–Crippen LogP) is 3.45. The molecule has 1 N–H and O–H groups in total. The Morgan fingerprint density at radius 3 is 2.63 bits per heavy atom. The molecule has 0 saturated carbocycles. The Hall–Kier alpha value is -2.71. The summed E-state index contributed by atoms with van der Waals surface area (Å²) in [4.78, 5) is 14.4. The van der Waals surface area contributed by atoms with Gasteiger partial charge in [-0.1, -0.05) is 5.16 Å². The first kappa shape index (κ1) is 19.1. The summed E-state index contributed by atoms with van der Waals surface area (Å²) in [6, 6.07) is 5.81. The number of halogens is 3. The third-order valence-electron chi connectivity index (χ3n) is 4.53. The van der Waals surface area contributed by atoms with Gasteiger partial charge in [0.15, 0.2) is 0 Å². The van der Waals surface area contributed by atoms with Gasteiger partial charge in [0, 0.05) is 25.3 Å². The number of aromatic nitrogens is 1. The number of benzene rings is 1. The molecule has 0 aliphatic carbocycles. The van der Waals surface area contributed by atoms with Crippen LogP contribution in [0.3, 0.4) is 0 Å². The van der Waals surface area contributed by atoms with Crippen LogP contribution in [0.25, 0.3) is 0 Å². The second-order valence-corrected chi connectivity index (χ2v) is 6.55. The Kier molecular flexibility index (Phi) is 5.29. The van der Waals surface area contributed by atoms with Crippen LogP contribution in [0.2, 0.25) is 0 Å². The highest BCUT2D eigenvalue weighted by Crippen LogP contribution is 2.28. The predicted molar refractivity (Wildman–Crippen MR) is 91.8 cm³/mol. The van der Waals surface area contributed by atoms with Crippen molar-refractivity contribution in [1.29, 1.82) is 0 Å². The molecule has 1 atom stereocenters. The van der Waals surface area contributed by atoms with E-state index in [0.717, 1.165) is 18.7 Å². The smallest absolute Gasteiger partial charge is 0.406 e. The fraction of sp³-hybridized carbons (Fsp3) is 0.444. The monoisotopic (exact) mass is 383 g/mol. The Balaban J connectivity index is 1.52. The molecule has 0 bridgehead atoms. The molecular weight excluding hydrogens is 363 g/mol. The first-order valence-corrected chi connectivity index (χ1v) is 8.55. The summed E-state index contributed by atoms with van der Waals surface area (Å²) in [6.45, 7) is 5.40. The molecule has 0 spiro atoms. The number of rotatable bonds is 5. The van der Waals surface area contributed by atoms with Gasteiger partial charge in [0.1, 0.15) is 17.1 Å². The van der Waals surface area contributed by atoms with Gasteiger partial charge >= 0.3 is 6.36 Å². The summed E-state index contributed by atoms with van der Waals surface area (Å²) in [5, 5.41) is 6.68. The zero-order chi connectivity index (χ0) is 19.6. The standard InChI is InChI=1S/C18H20F3N3O3/c1-11-16(12(2)27-23-11)17(25)22-9-13-7-8-24(10-13)14-3-5-15(6-4-14)26-18(19,20)21/h3-6,13H,7-10H2,1-2H3,(H,22,25)/t13-/m0/s1.